The van der Waals surface area contributed by atoms with Crippen molar-refractivity contribution in [2.45, 2.75) is 38.1 Å². The first-order valence-corrected chi connectivity index (χ1v) is 8.03. The molecule has 1 saturated heterocycles. The van der Waals surface area contributed by atoms with Crippen molar-refractivity contribution in [3.05, 3.63) is 34.3 Å². The zero-order valence-corrected chi connectivity index (χ0v) is 13.8. The molecule has 1 fully saturated rings. The molecule has 0 radical (unpaired) electrons. The quantitative estimate of drug-likeness (QED) is 0.764. The van der Waals surface area contributed by atoms with E-state index in [1.807, 2.05) is 12.1 Å². The molecule has 0 aliphatic carbocycles. The Bertz CT molecular complexity index is 501. The van der Waals surface area contributed by atoms with E-state index in [4.69, 9.17) is 4.74 Å². The van der Waals surface area contributed by atoms with Gasteiger partial charge in [0.2, 0.25) is 5.91 Å². The van der Waals surface area contributed by atoms with Crippen LogP contribution < -0.4 is 0 Å². The summed E-state index contributed by atoms with van der Waals surface area (Å²) in [5.74, 6) is -0.242. The summed E-state index contributed by atoms with van der Waals surface area (Å²) in [6.07, 6.45) is 3.73. The third-order valence-electron chi connectivity index (χ3n) is 3.82. The summed E-state index contributed by atoms with van der Waals surface area (Å²) in [6, 6.07) is 7.74. The van der Waals surface area contributed by atoms with Gasteiger partial charge >= 0.3 is 5.97 Å². The Morgan fingerprint density at radius 3 is 2.71 bits per heavy atom. The van der Waals surface area contributed by atoms with Gasteiger partial charge < -0.3 is 9.64 Å². The summed E-state index contributed by atoms with van der Waals surface area (Å²) in [6.45, 7) is 0.664. The van der Waals surface area contributed by atoms with Crippen LogP contribution in [0.25, 0.3) is 0 Å². The molecule has 1 atom stereocenters. The van der Waals surface area contributed by atoms with E-state index in [2.05, 4.69) is 28.1 Å². The molecule has 1 heterocycles. The molecular weight excluding hydrogens is 334 g/mol. The largest absolute Gasteiger partial charge is 0.467 e. The van der Waals surface area contributed by atoms with Crippen molar-refractivity contribution in [3.63, 3.8) is 0 Å². The molecule has 0 N–H and O–H groups in total. The average Bonchev–Trinajstić information content (AvgIpc) is 2.98. The van der Waals surface area contributed by atoms with Gasteiger partial charge in [-0.15, -0.1) is 0 Å². The Labute approximate surface area is 133 Å². The standard InChI is InChI=1S/C16H20BrNO3/c1-21-16(20)14-5-3-11-18(14)15(19)6-2-4-12-7-9-13(17)10-8-12/h7-10,14H,2-6,11H2,1H3/t14-/m0/s1. The number of likely N-dealkylation sites (tertiary alicyclic amines) is 1. The lowest BCUT2D eigenvalue weighted by atomic mass is 10.1. The summed E-state index contributed by atoms with van der Waals surface area (Å²) in [7, 11) is 1.37. The minimum atomic E-state index is -0.379. The molecule has 1 amide bonds. The van der Waals surface area contributed by atoms with E-state index in [-0.39, 0.29) is 17.9 Å². The highest BCUT2D eigenvalue weighted by atomic mass is 79.9. The van der Waals surface area contributed by atoms with Crippen LogP contribution in [-0.4, -0.2) is 36.5 Å². The number of amides is 1. The van der Waals surface area contributed by atoms with Crippen LogP contribution in [0.5, 0.6) is 0 Å². The monoisotopic (exact) mass is 353 g/mol. The van der Waals surface area contributed by atoms with E-state index < -0.39 is 0 Å². The second-order valence-corrected chi connectivity index (χ2v) is 6.16. The average molecular weight is 354 g/mol. The van der Waals surface area contributed by atoms with Crippen molar-refractivity contribution in [2.24, 2.45) is 0 Å². The Morgan fingerprint density at radius 1 is 1.33 bits per heavy atom. The van der Waals surface area contributed by atoms with Gasteiger partial charge in [-0.25, -0.2) is 4.79 Å². The van der Waals surface area contributed by atoms with Gasteiger partial charge in [0.05, 0.1) is 7.11 Å². The molecule has 0 unspecified atom stereocenters. The molecule has 0 aromatic heterocycles. The summed E-state index contributed by atoms with van der Waals surface area (Å²) in [4.78, 5) is 25.5. The molecule has 114 valence electrons. The van der Waals surface area contributed by atoms with Crippen molar-refractivity contribution in [1.29, 1.82) is 0 Å². The first kappa shape index (κ1) is 16.0. The van der Waals surface area contributed by atoms with E-state index in [9.17, 15) is 9.59 Å². The Balaban J connectivity index is 1.81. The molecule has 0 saturated carbocycles. The van der Waals surface area contributed by atoms with Crippen LogP contribution in [0.2, 0.25) is 0 Å². The first-order valence-electron chi connectivity index (χ1n) is 7.23. The Morgan fingerprint density at radius 2 is 2.05 bits per heavy atom. The number of carbonyl (C=O) groups is 2. The highest BCUT2D eigenvalue weighted by Crippen LogP contribution is 2.20. The van der Waals surface area contributed by atoms with Gasteiger partial charge in [-0.05, 0) is 43.4 Å². The fourth-order valence-corrected chi connectivity index (χ4v) is 2.95. The fraction of sp³-hybridized carbons (Fsp3) is 0.500. The molecule has 1 aliphatic heterocycles. The van der Waals surface area contributed by atoms with Crippen LogP contribution in [0.15, 0.2) is 28.7 Å². The minimum Gasteiger partial charge on any atom is -0.467 e. The number of esters is 1. The van der Waals surface area contributed by atoms with Crippen LogP contribution in [0.1, 0.15) is 31.2 Å². The van der Waals surface area contributed by atoms with Gasteiger partial charge in [0.15, 0.2) is 0 Å². The number of halogens is 1. The number of nitrogens with zero attached hydrogens (tertiary/aromatic N) is 1. The van der Waals surface area contributed by atoms with Crippen LogP contribution in [0.4, 0.5) is 0 Å². The first-order chi connectivity index (χ1) is 10.1. The number of aryl methyl sites for hydroxylation is 1. The Hall–Kier alpha value is -1.36. The molecule has 4 nitrogen and oxygen atoms in total. The van der Waals surface area contributed by atoms with Crippen LogP contribution in [0.3, 0.4) is 0 Å². The van der Waals surface area contributed by atoms with Crippen molar-refractivity contribution in [2.75, 3.05) is 13.7 Å². The predicted octanol–water partition coefficient (Wildman–Crippen LogP) is 2.94. The van der Waals surface area contributed by atoms with Crippen LogP contribution >= 0.6 is 15.9 Å². The molecule has 0 bridgehead atoms. The number of hydrogen-bond acceptors (Lipinski definition) is 3. The molecular formula is C16H20BrNO3. The van der Waals surface area contributed by atoms with Gasteiger partial charge in [-0.2, -0.15) is 0 Å². The van der Waals surface area contributed by atoms with E-state index in [0.29, 0.717) is 19.4 Å². The van der Waals surface area contributed by atoms with Crippen LogP contribution in [0, 0.1) is 0 Å². The third kappa shape index (κ3) is 4.30. The smallest absolute Gasteiger partial charge is 0.328 e. The van der Waals surface area contributed by atoms with E-state index >= 15 is 0 Å². The highest BCUT2D eigenvalue weighted by molar-refractivity contribution is 9.10. The maximum atomic E-state index is 12.2. The fourth-order valence-electron chi connectivity index (χ4n) is 2.68. The zero-order valence-electron chi connectivity index (χ0n) is 12.2. The van der Waals surface area contributed by atoms with Gasteiger partial charge in [0.25, 0.3) is 0 Å². The van der Waals surface area contributed by atoms with Crippen LogP contribution in [-0.2, 0) is 20.7 Å². The Kier molecular flexibility index (Phi) is 5.79. The second kappa shape index (κ2) is 7.59. The van der Waals surface area contributed by atoms with E-state index in [1.165, 1.54) is 12.7 Å². The normalized spacial score (nSPS) is 17.8. The van der Waals surface area contributed by atoms with Gasteiger partial charge in [0, 0.05) is 17.4 Å². The summed E-state index contributed by atoms with van der Waals surface area (Å²) < 4.78 is 5.82. The zero-order chi connectivity index (χ0) is 15.2. The number of benzene rings is 1. The van der Waals surface area contributed by atoms with Gasteiger partial charge in [-0.1, -0.05) is 28.1 Å². The topological polar surface area (TPSA) is 46.6 Å². The minimum absolute atomic E-state index is 0.0556. The van der Waals surface area contributed by atoms with Crippen molar-refractivity contribution >= 4 is 27.8 Å². The molecule has 1 aromatic rings. The lowest BCUT2D eigenvalue weighted by Crippen LogP contribution is -2.41. The molecule has 1 aliphatic rings. The summed E-state index contributed by atoms with van der Waals surface area (Å²) >= 11 is 3.40. The maximum absolute atomic E-state index is 12.2. The van der Waals surface area contributed by atoms with E-state index in [1.54, 1.807) is 4.90 Å². The highest BCUT2D eigenvalue weighted by Gasteiger charge is 2.34. The SMILES string of the molecule is COC(=O)[C@@H]1CCCN1C(=O)CCCc1ccc(Br)cc1. The van der Waals surface area contributed by atoms with E-state index in [0.717, 1.165) is 23.7 Å². The molecule has 1 aromatic carbocycles. The third-order valence-corrected chi connectivity index (χ3v) is 4.34. The molecule has 0 spiro atoms. The van der Waals surface area contributed by atoms with Gasteiger partial charge in [0.1, 0.15) is 6.04 Å². The molecule has 21 heavy (non-hydrogen) atoms. The molecule has 2 rings (SSSR count). The summed E-state index contributed by atoms with van der Waals surface area (Å²) in [5.41, 5.74) is 1.22. The molecule has 5 heteroatoms. The van der Waals surface area contributed by atoms with Crippen molar-refractivity contribution in [3.8, 4) is 0 Å². The number of hydrogen-bond donors (Lipinski definition) is 0. The number of rotatable bonds is 5. The number of methoxy groups -OCH3 is 1. The summed E-state index contributed by atoms with van der Waals surface area (Å²) in [5, 5.41) is 0. The number of carbonyl (C=O) groups excluding carboxylic acids is 2. The lowest BCUT2D eigenvalue weighted by molar-refractivity contribution is -0.151. The number of ether oxygens (including phenoxy) is 1. The maximum Gasteiger partial charge on any atom is 0.328 e. The van der Waals surface area contributed by atoms with Crippen molar-refractivity contribution < 1.29 is 14.3 Å². The van der Waals surface area contributed by atoms with Gasteiger partial charge in [-0.3, -0.25) is 4.79 Å². The second-order valence-electron chi connectivity index (χ2n) is 5.25. The lowest BCUT2D eigenvalue weighted by Gasteiger charge is -2.22. The van der Waals surface area contributed by atoms with Crippen molar-refractivity contribution in [1.82, 2.24) is 4.90 Å². The predicted molar refractivity (Wildman–Crippen MR) is 83.8 cm³/mol.